The number of carbonyl (C=O) groups is 2. The number of nitrogens with one attached hydrogen (secondary N) is 1. The minimum atomic E-state index is -1.67. The molecule has 1 heterocycles. The van der Waals surface area contributed by atoms with Crippen LogP contribution in [0.4, 0.5) is 23.7 Å². The van der Waals surface area contributed by atoms with Gasteiger partial charge in [-0.3, -0.25) is 0 Å². The largest absolute Gasteiger partial charge is 0.480 e. The van der Waals surface area contributed by atoms with Gasteiger partial charge in [0.1, 0.15) is 6.04 Å². The van der Waals surface area contributed by atoms with Crippen LogP contribution in [0, 0.1) is 17.5 Å². The van der Waals surface area contributed by atoms with E-state index in [1.165, 1.54) is 0 Å². The number of hydrogen-bond acceptors (Lipinski definition) is 3. The molecule has 1 fully saturated rings. The molecule has 0 saturated carbocycles. The van der Waals surface area contributed by atoms with E-state index >= 15 is 0 Å². The number of rotatable bonds is 2. The first-order chi connectivity index (χ1) is 9.79. The summed E-state index contributed by atoms with van der Waals surface area (Å²) in [4.78, 5) is 23.7. The number of benzene rings is 1. The van der Waals surface area contributed by atoms with Gasteiger partial charge < -0.3 is 20.4 Å². The molecule has 6 nitrogen and oxygen atoms in total. The van der Waals surface area contributed by atoms with Crippen LogP contribution in [0.1, 0.15) is 6.42 Å². The molecule has 21 heavy (non-hydrogen) atoms. The smallest absolute Gasteiger partial charge is 0.326 e. The molecule has 0 radical (unpaired) electrons. The van der Waals surface area contributed by atoms with Crippen LogP contribution in [0.2, 0.25) is 0 Å². The number of carboxylic acid groups (broad SMARTS) is 1. The molecule has 114 valence electrons. The van der Waals surface area contributed by atoms with Crippen LogP contribution >= 0.6 is 0 Å². The zero-order valence-corrected chi connectivity index (χ0v) is 10.5. The Bertz CT molecular complexity index is 573. The predicted molar refractivity (Wildman–Crippen MR) is 64.1 cm³/mol. The molecule has 0 spiro atoms. The topological polar surface area (TPSA) is 89.9 Å². The summed E-state index contributed by atoms with van der Waals surface area (Å²) >= 11 is 0. The minimum Gasteiger partial charge on any atom is -0.480 e. The fourth-order valence-electron chi connectivity index (χ4n) is 2.10. The van der Waals surface area contributed by atoms with E-state index in [1.807, 2.05) is 0 Å². The number of nitrogens with zero attached hydrogens (tertiary/aromatic N) is 1. The molecule has 1 aromatic carbocycles. The van der Waals surface area contributed by atoms with Crippen LogP contribution in [-0.4, -0.2) is 45.8 Å². The van der Waals surface area contributed by atoms with Gasteiger partial charge in [-0.1, -0.05) is 0 Å². The van der Waals surface area contributed by atoms with E-state index in [2.05, 4.69) is 5.32 Å². The van der Waals surface area contributed by atoms with Gasteiger partial charge in [0, 0.05) is 30.8 Å². The first kappa shape index (κ1) is 15.1. The minimum absolute atomic E-state index is 0.144. The highest BCUT2D eigenvalue weighted by Gasteiger charge is 2.39. The second-order valence-electron chi connectivity index (χ2n) is 4.58. The summed E-state index contributed by atoms with van der Waals surface area (Å²) in [6.45, 7) is -0.227. The number of urea groups is 1. The lowest BCUT2D eigenvalue weighted by atomic mass is 10.2. The van der Waals surface area contributed by atoms with Gasteiger partial charge in [-0.15, -0.1) is 0 Å². The molecular formula is C12H11F3N2O4. The second kappa shape index (κ2) is 5.60. The Hall–Kier alpha value is -2.29. The average Bonchev–Trinajstić information content (AvgIpc) is 2.78. The van der Waals surface area contributed by atoms with Crippen molar-refractivity contribution in [3.8, 4) is 0 Å². The zero-order chi connectivity index (χ0) is 15.7. The Labute approximate surface area is 116 Å². The number of halogens is 3. The number of β-amino-alcohol motifs (C(OH)–C–C–N with tert-alkyl or cyclic N) is 1. The molecule has 0 unspecified atom stereocenters. The van der Waals surface area contributed by atoms with Gasteiger partial charge in [0.2, 0.25) is 0 Å². The zero-order valence-electron chi connectivity index (χ0n) is 10.5. The van der Waals surface area contributed by atoms with E-state index in [0.29, 0.717) is 12.1 Å². The van der Waals surface area contributed by atoms with E-state index in [0.717, 1.165) is 4.90 Å². The van der Waals surface area contributed by atoms with Crippen molar-refractivity contribution in [2.45, 2.75) is 18.6 Å². The molecule has 2 rings (SSSR count). The molecule has 1 saturated heterocycles. The van der Waals surface area contributed by atoms with Crippen molar-refractivity contribution in [2.24, 2.45) is 0 Å². The Morgan fingerprint density at radius 1 is 1.24 bits per heavy atom. The highest BCUT2D eigenvalue weighted by Crippen LogP contribution is 2.21. The maximum atomic E-state index is 13.0. The molecule has 1 aliphatic heterocycles. The van der Waals surface area contributed by atoms with Gasteiger partial charge in [-0.2, -0.15) is 0 Å². The first-order valence-electron chi connectivity index (χ1n) is 5.92. The molecule has 2 amide bonds. The van der Waals surface area contributed by atoms with Crippen molar-refractivity contribution < 1.29 is 33.0 Å². The number of likely N-dealkylation sites (tertiary alicyclic amines) is 1. The third-order valence-electron chi connectivity index (χ3n) is 3.06. The predicted octanol–water partition coefficient (Wildman–Crippen LogP) is 1.16. The number of hydrogen-bond donors (Lipinski definition) is 3. The van der Waals surface area contributed by atoms with Gasteiger partial charge in [0.05, 0.1) is 6.10 Å². The highest BCUT2D eigenvalue weighted by atomic mass is 19.2. The number of anilines is 1. The molecule has 3 N–H and O–H groups in total. The maximum Gasteiger partial charge on any atom is 0.326 e. The van der Waals surface area contributed by atoms with E-state index < -0.39 is 41.6 Å². The Balaban J connectivity index is 2.16. The molecule has 0 aliphatic carbocycles. The Morgan fingerprint density at radius 2 is 1.81 bits per heavy atom. The summed E-state index contributed by atoms with van der Waals surface area (Å²) in [5.74, 6) is -5.95. The van der Waals surface area contributed by atoms with Crippen molar-refractivity contribution >= 4 is 17.7 Å². The van der Waals surface area contributed by atoms with Crippen LogP contribution in [0.25, 0.3) is 0 Å². The maximum absolute atomic E-state index is 13.0. The van der Waals surface area contributed by atoms with Gasteiger partial charge in [0.25, 0.3) is 0 Å². The van der Waals surface area contributed by atoms with Gasteiger partial charge in [-0.05, 0) is 0 Å². The van der Waals surface area contributed by atoms with Crippen molar-refractivity contribution in [2.75, 3.05) is 11.9 Å². The third kappa shape index (κ3) is 3.07. The first-order valence-corrected chi connectivity index (χ1v) is 5.92. The third-order valence-corrected chi connectivity index (χ3v) is 3.06. The lowest BCUT2D eigenvalue weighted by Gasteiger charge is -2.21. The molecule has 1 aliphatic rings. The summed E-state index contributed by atoms with van der Waals surface area (Å²) < 4.78 is 38.8. The Morgan fingerprint density at radius 3 is 2.33 bits per heavy atom. The number of aliphatic hydroxyl groups is 1. The van der Waals surface area contributed by atoms with Crippen molar-refractivity contribution in [1.29, 1.82) is 0 Å². The summed E-state index contributed by atoms with van der Waals surface area (Å²) in [6, 6.07) is -1.06. The molecular weight excluding hydrogens is 293 g/mol. The van der Waals surface area contributed by atoms with Crippen LogP contribution in [0.5, 0.6) is 0 Å². The SMILES string of the molecule is O=C(O)[C@H]1C[C@@H](O)CN1C(=O)Nc1cc(F)c(F)c(F)c1. The normalized spacial score (nSPS) is 21.4. The summed E-state index contributed by atoms with van der Waals surface area (Å²) in [7, 11) is 0. The van der Waals surface area contributed by atoms with Gasteiger partial charge in [-0.25, -0.2) is 22.8 Å². The number of carbonyl (C=O) groups excluding carboxylic acids is 1. The summed E-state index contributed by atoms with van der Waals surface area (Å²) in [6.07, 6.45) is -1.15. The summed E-state index contributed by atoms with van der Waals surface area (Å²) in [5.41, 5.74) is -0.359. The van der Waals surface area contributed by atoms with E-state index in [1.54, 1.807) is 0 Å². The van der Waals surface area contributed by atoms with Gasteiger partial charge >= 0.3 is 12.0 Å². The fourth-order valence-corrected chi connectivity index (χ4v) is 2.10. The highest BCUT2D eigenvalue weighted by molar-refractivity contribution is 5.92. The van der Waals surface area contributed by atoms with E-state index in [-0.39, 0.29) is 18.7 Å². The summed E-state index contributed by atoms with van der Waals surface area (Å²) in [5, 5.41) is 20.4. The number of amides is 2. The van der Waals surface area contributed by atoms with Crippen LogP contribution in [0.15, 0.2) is 12.1 Å². The van der Waals surface area contributed by atoms with Gasteiger partial charge in [0.15, 0.2) is 17.5 Å². The average molecular weight is 304 g/mol. The second-order valence-corrected chi connectivity index (χ2v) is 4.58. The molecule has 1 aromatic rings. The van der Waals surface area contributed by atoms with E-state index in [9.17, 15) is 27.9 Å². The quantitative estimate of drug-likeness (QED) is 0.715. The molecule has 9 heteroatoms. The van der Waals surface area contributed by atoms with E-state index in [4.69, 9.17) is 5.11 Å². The van der Waals surface area contributed by atoms with Crippen molar-refractivity contribution in [3.05, 3.63) is 29.6 Å². The van der Waals surface area contributed by atoms with Crippen molar-refractivity contribution in [1.82, 2.24) is 4.90 Å². The fraction of sp³-hybridized carbons (Fsp3) is 0.333. The van der Waals surface area contributed by atoms with Crippen LogP contribution < -0.4 is 5.32 Å². The number of aliphatic hydroxyl groups excluding tert-OH is 1. The Kier molecular flexibility index (Phi) is 4.03. The monoisotopic (exact) mass is 304 g/mol. The lowest BCUT2D eigenvalue weighted by Crippen LogP contribution is -2.43. The van der Waals surface area contributed by atoms with Crippen LogP contribution in [0.3, 0.4) is 0 Å². The molecule has 2 atom stereocenters. The number of aliphatic carboxylic acids is 1. The van der Waals surface area contributed by atoms with Crippen molar-refractivity contribution in [3.63, 3.8) is 0 Å². The molecule has 0 aromatic heterocycles. The lowest BCUT2D eigenvalue weighted by molar-refractivity contribution is -0.141. The number of carboxylic acids is 1. The standard InChI is InChI=1S/C12H11F3N2O4/c13-7-1-5(2-8(14)10(7)15)16-12(21)17-4-6(18)3-9(17)11(19)20/h1-2,6,9,18H,3-4H2,(H,16,21)(H,19,20)/t6-,9-/m1/s1. The van der Waals surface area contributed by atoms with Crippen LogP contribution in [-0.2, 0) is 4.79 Å². The molecule has 0 bridgehead atoms.